The van der Waals surface area contributed by atoms with E-state index in [0.29, 0.717) is 18.7 Å². The van der Waals surface area contributed by atoms with E-state index in [1.165, 1.54) is 54.3 Å². The largest absolute Gasteiger partial charge is 0.476 e. The van der Waals surface area contributed by atoms with Crippen molar-refractivity contribution in [1.82, 2.24) is 9.88 Å². The second kappa shape index (κ2) is 12.1. The van der Waals surface area contributed by atoms with Gasteiger partial charge in [-0.25, -0.2) is 9.78 Å². The SMILES string of the molecule is CCCCCCc1ccc(NCC2CCC(=O)N2CCSc2nc(C(=O)O)cs2)cc1. The molecule has 0 aliphatic carbocycles. The molecule has 8 heteroatoms. The zero-order valence-corrected chi connectivity index (χ0v) is 19.6. The van der Waals surface area contributed by atoms with Gasteiger partial charge in [0.15, 0.2) is 10.0 Å². The van der Waals surface area contributed by atoms with Crippen molar-refractivity contribution in [2.24, 2.45) is 0 Å². The Morgan fingerprint density at radius 3 is 2.81 bits per heavy atom. The number of carbonyl (C=O) groups is 2. The minimum Gasteiger partial charge on any atom is -0.476 e. The maximum Gasteiger partial charge on any atom is 0.355 e. The Bertz CT molecular complexity index is 854. The van der Waals surface area contributed by atoms with Gasteiger partial charge >= 0.3 is 5.97 Å². The van der Waals surface area contributed by atoms with Gasteiger partial charge in [-0.15, -0.1) is 11.3 Å². The quantitative estimate of drug-likeness (QED) is 0.317. The van der Waals surface area contributed by atoms with Gasteiger partial charge in [-0.3, -0.25) is 4.79 Å². The molecule has 3 rings (SSSR count). The molecule has 1 aromatic heterocycles. The number of aromatic nitrogens is 1. The zero-order chi connectivity index (χ0) is 22.1. The Morgan fingerprint density at radius 1 is 1.29 bits per heavy atom. The molecule has 2 N–H and O–H groups in total. The molecule has 1 saturated heterocycles. The number of unbranched alkanes of at least 4 members (excludes halogenated alkanes) is 3. The number of carboxylic acid groups (broad SMARTS) is 1. The van der Waals surface area contributed by atoms with Gasteiger partial charge in [-0.2, -0.15) is 0 Å². The van der Waals surface area contributed by atoms with Crippen LogP contribution < -0.4 is 5.32 Å². The molecule has 0 radical (unpaired) electrons. The summed E-state index contributed by atoms with van der Waals surface area (Å²) in [7, 11) is 0. The number of benzene rings is 1. The first kappa shape index (κ1) is 23.6. The highest BCUT2D eigenvalue weighted by Crippen LogP contribution is 2.25. The molecule has 0 saturated carbocycles. The predicted octanol–water partition coefficient (Wildman–Crippen LogP) is 5.16. The van der Waals surface area contributed by atoms with Gasteiger partial charge in [0.05, 0.1) is 0 Å². The third kappa shape index (κ3) is 7.25. The Hall–Kier alpha value is -2.06. The third-order valence-electron chi connectivity index (χ3n) is 5.53. The summed E-state index contributed by atoms with van der Waals surface area (Å²) in [5, 5.41) is 14.0. The fourth-order valence-electron chi connectivity index (χ4n) is 3.75. The van der Waals surface area contributed by atoms with Crippen LogP contribution in [0.15, 0.2) is 34.0 Å². The number of carboxylic acids is 1. The van der Waals surface area contributed by atoms with Crippen molar-refractivity contribution in [1.29, 1.82) is 0 Å². The molecule has 2 aromatic rings. The van der Waals surface area contributed by atoms with Crippen molar-refractivity contribution in [3.8, 4) is 0 Å². The van der Waals surface area contributed by atoms with E-state index in [9.17, 15) is 9.59 Å². The van der Waals surface area contributed by atoms with Crippen LogP contribution in [0.1, 0.15) is 61.5 Å². The van der Waals surface area contributed by atoms with Crippen molar-refractivity contribution in [2.45, 2.75) is 62.3 Å². The first-order chi connectivity index (χ1) is 15.1. The van der Waals surface area contributed by atoms with Gasteiger partial charge in [0.1, 0.15) is 0 Å². The molecule has 0 bridgehead atoms. The number of amides is 1. The Kier molecular flexibility index (Phi) is 9.21. The van der Waals surface area contributed by atoms with Gasteiger partial charge in [0, 0.05) is 42.4 Å². The number of hydrogen-bond donors (Lipinski definition) is 2. The lowest BCUT2D eigenvalue weighted by Gasteiger charge is -2.25. The van der Waals surface area contributed by atoms with Crippen LogP contribution in [0.25, 0.3) is 0 Å². The van der Waals surface area contributed by atoms with Gasteiger partial charge < -0.3 is 15.3 Å². The molecule has 1 atom stereocenters. The Labute approximate surface area is 192 Å². The highest BCUT2D eigenvalue weighted by Gasteiger charge is 2.30. The Morgan fingerprint density at radius 2 is 2.10 bits per heavy atom. The van der Waals surface area contributed by atoms with Crippen molar-refractivity contribution >= 4 is 40.7 Å². The maximum absolute atomic E-state index is 12.3. The smallest absolute Gasteiger partial charge is 0.355 e. The van der Waals surface area contributed by atoms with Crippen LogP contribution in [-0.4, -0.2) is 51.8 Å². The monoisotopic (exact) mass is 461 g/mol. The number of thiazole rings is 1. The molecule has 1 unspecified atom stereocenters. The second-order valence-corrected chi connectivity index (χ2v) is 10.0. The fourth-order valence-corrected chi connectivity index (χ4v) is 5.56. The number of anilines is 1. The van der Waals surface area contributed by atoms with Gasteiger partial charge in [-0.1, -0.05) is 50.1 Å². The predicted molar refractivity (Wildman–Crippen MR) is 127 cm³/mol. The van der Waals surface area contributed by atoms with Crippen molar-refractivity contribution < 1.29 is 14.7 Å². The molecule has 1 fully saturated rings. The molecule has 0 spiro atoms. The van der Waals surface area contributed by atoms with Crippen molar-refractivity contribution in [2.75, 3.05) is 24.2 Å². The Balaban J connectivity index is 1.42. The highest BCUT2D eigenvalue weighted by atomic mass is 32.2. The number of nitrogens with zero attached hydrogens (tertiary/aromatic N) is 2. The van der Waals surface area contributed by atoms with Crippen LogP contribution in [0, 0.1) is 0 Å². The lowest BCUT2D eigenvalue weighted by atomic mass is 10.1. The number of likely N-dealkylation sites (tertiary alicyclic amines) is 1. The number of aryl methyl sites for hydroxylation is 1. The summed E-state index contributed by atoms with van der Waals surface area (Å²) < 4.78 is 0.730. The minimum atomic E-state index is -1.01. The van der Waals surface area contributed by atoms with E-state index in [1.807, 2.05) is 4.90 Å². The van der Waals surface area contributed by atoms with E-state index in [1.54, 1.807) is 5.38 Å². The molecule has 6 nitrogen and oxygen atoms in total. The molecule has 1 aliphatic rings. The topological polar surface area (TPSA) is 82.5 Å². The van der Waals surface area contributed by atoms with E-state index < -0.39 is 5.97 Å². The third-order valence-corrected chi connectivity index (χ3v) is 7.53. The zero-order valence-electron chi connectivity index (χ0n) is 18.0. The number of carbonyl (C=O) groups excluding carboxylic acids is 1. The summed E-state index contributed by atoms with van der Waals surface area (Å²) in [5.41, 5.74) is 2.55. The summed E-state index contributed by atoms with van der Waals surface area (Å²) in [6.45, 7) is 3.62. The number of rotatable bonds is 13. The minimum absolute atomic E-state index is 0.0822. The van der Waals surface area contributed by atoms with Crippen LogP contribution in [0.4, 0.5) is 5.69 Å². The lowest BCUT2D eigenvalue weighted by molar-refractivity contribution is -0.128. The number of nitrogens with one attached hydrogen (secondary N) is 1. The highest BCUT2D eigenvalue weighted by molar-refractivity contribution is 8.01. The normalized spacial score (nSPS) is 16.1. The number of thioether (sulfide) groups is 1. The van der Waals surface area contributed by atoms with Crippen molar-refractivity contribution in [3.05, 3.63) is 40.9 Å². The average molecular weight is 462 g/mol. The molecule has 1 aromatic carbocycles. The van der Waals surface area contributed by atoms with E-state index in [0.717, 1.165) is 29.4 Å². The summed E-state index contributed by atoms with van der Waals surface area (Å²) in [5.74, 6) is -0.102. The molecule has 31 heavy (non-hydrogen) atoms. The van der Waals surface area contributed by atoms with Crippen LogP contribution >= 0.6 is 23.1 Å². The van der Waals surface area contributed by atoms with E-state index >= 15 is 0 Å². The second-order valence-electron chi connectivity index (χ2n) is 7.82. The van der Waals surface area contributed by atoms with Gasteiger partial charge in [-0.05, 0) is 37.0 Å². The molecule has 1 aliphatic heterocycles. The summed E-state index contributed by atoms with van der Waals surface area (Å²) in [6.07, 6.45) is 7.71. The average Bonchev–Trinajstić information content (AvgIpc) is 3.38. The van der Waals surface area contributed by atoms with E-state index in [-0.39, 0.29) is 17.6 Å². The standard InChI is InChI=1S/C23H31N3O3S2/c1-2-3-4-5-6-17-7-9-18(10-8-17)24-15-19-11-12-21(27)26(19)13-14-30-23-25-20(16-31-23)22(28)29/h7-10,16,19,24H,2-6,11-15H2,1H3,(H,28,29). The molecular weight excluding hydrogens is 430 g/mol. The summed E-state index contributed by atoms with van der Waals surface area (Å²) in [4.78, 5) is 29.3. The number of aromatic carboxylic acids is 1. The first-order valence-corrected chi connectivity index (χ1v) is 12.9. The lowest BCUT2D eigenvalue weighted by Crippen LogP contribution is -2.39. The van der Waals surface area contributed by atoms with Gasteiger partial charge in [0.25, 0.3) is 0 Å². The maximum atomic E-state index is 12.3. The van der Waals surface area contributed by atoms with Crippen molar-refractivity contribution in [3.63, 3.8) is 0 Å². The van der Waals surface area contributed by atoms with Crippen LogP contribution in [0.2, 0.25) is 0 Å². The van der Waals surface area contributed by atoms with Crippen LogP contribution in [0.3, 0.4) is 0 Å². The van der Waals surface area contributed by atoms with Gasteiger partial charge in [0.2, 0.25) is 5.91 Å². The van der Waals surface area contributed by atoms with E-state index in [4.69, 9.17) is 5.11 Å². The molecule has 1 amide bonds. The fraction of sp³-hybridized carbons (Fsp3) is 0.522. The van der Waals surface area contributed by atoms with E-state index in [2.05, 4.69) is 41.5 Å². The van der Waals surface area contributed by atoms with Crippen LogP contribution in [0.5, 0.6) is 0 Å². The number of hydrogen-bond acceptors (Lipinski definition) is 6. The molecular formula is C23H31N3O3S2. The first-order valence-electron chi connectivity index (χ1n) is 11.0. The summed E-state index contributed by atoms with van der Waals surface area (Å²) >= 11 is 2.84. The van der Waals surface area contributed by atoms with Crippen LogP contribution in [-0.2, 0) is 11.2 Å². The summed E-state index contributed by atoms with van der Waals surface area (Å²) in [6, 6.07) is 8.85. The molecule has 168 valence electrons. The molecule has 2 heterocycles.